The number of fused-ring (bicyclic) bond motifs is 3. The van der Waals surface area contributed by atoms with Crippen LogP contribution in [0.25, 0.3) is 0 Å². The van der Waals surface area contributed by atoms with Crippen LogP contribution in [0.1, 0.15) is 56.1 Å². The van der Waals surface area contributed by atoms with E-state index >= 15 is 0 Å². The number of benzene rings is 1. The molecule has 0 radical (unpaired) electrons. The Hall–Kier alpha value is -1.02. The maximum atomic E-state index is 10.1. The molecule has 112 valence electrons. The molecule has 1 aromatic rings. The Kier molecular flexibility index (Phi) is 2.29. The molecule has 21 heavy (non-hydrogen) atoms. The van der Waals surface area contributed by atoms with Crippen LogP contribution in [0.4, 0.5) is 0 Å². The molecule has 3 fully saturated rings. The van der Waals surface area contributed by atoms with Gasteiger partial charge in [-0.05, 0) is 74.9 Å². The monoisotopic (exact) mass is 283 g/mol. The predicted octanol–water partition coefficient (Wildman–Crippen LogP) is 3.57. The normalized spacial score (nSPS) is 39.7. The number of nitrogens with zero attached hydrogens (tertiary/aromatic N) is 1. The van der Waals surface area contributed by atoms with Gasteiger partial charge in [-0.1, -0.05) is 18.9 Å². The van der Waals surface area contributed by atoms with Crippen molar-refractivity contribution in [2.75, 3.05) is 13.6 Å². The quantitative estimate of drug-likeness (QED) is 0.787. The number of rotatable bonds is 0. The minimum Gasteiger partial charge on any atom is -0.508 e. The Morgan fingerprint density at radius 2 is 1.90 bits per heavy atom. The van der Waals surface area contributed by atoms with Crippen LogP contribution in [-0.4, -0.2) is 29.6 Å². The minimum absolute atomic E-state index is 0.372. The van der Waals surface area contributed by atoms with E-state index in [1.807, 2.05) is 6.07 Å². The van der Waals surface area contributed by atoms with E-state index in [2.05, 4.69) is 24.1 Å². The summed E-state index contributed by atoms with van der Waals surface area (Å²) in [5, 5.41) is 10.1. The van der Waals surface area contributed by atoms with Crippen molar-refractivity contribution in [2.24, 2.45) is 5.92 Å². The maximum absolute atomic E-state index is 10.1. The van der Waals surface area contributed by atoms with Crippen molar-refractivity contribution in [3.8, 4) is 5.75 Å². The molecule has 2 saturated carbocycles. The van der Waals surface area contributed by atoms with Crippen LogP contribution in [0.5, 0.6) is 5.75 Å². The van der Waals surface area contributed by atoms with Crippen molar-refractivity contribution in [2.45, 2.75) is 61.8 Å². The zero-order valence-electron chi connectivity index (χ0n) is 12.9. The van der Waals surface area contributed by atoms with E-state index in [0.717, 1.165) is 12.0 Å². The number of likely N-dealkylation sites (tertiary alicyclic amines) is 1. The number of piperidine rings is 1. The molecule has 1 saturated heterocycles. The lowest BCUT2D eigenvalue weighted by Gasteiger charge is -2.61. The SMILES string of the molecule is CN1CC[C@@]23CCCC[C@H]2[C@@H]1C1(CC1)c1ccc(O)cc13. The minimum atomic E-state index is 0.372. The second kappa shape index (κ2) is 3.84. The van der Waals surface area contributed by atoms with Gasteiger partial charge in [0.15, 0.2) is 0 Å². The molecule has 5 rings (SSSR count). The van der Waals surface area contributed by atoms with Crippen molar-refractivity contribution >= 4 is 0 Å². The van der Waals surface area contributed by atoms with Crippen LogP contribution < -0.4 is 0 Å². The second-order valence-electron chi connectivity index (χ2n) is 8.07. The first kappa shape index (κ1) is 12.5. The highest BCUT2D eigenvalue weighted by Crippen LogP contribution is 2.67. The highest BCUT2D eigenvalue weighted by molar-refractivity contribution is 5.53. The summed E-state index contributed by atoms with van der Waals surface area (Å²) in [7, 11) is 2.36. The summed E-state index contributed by atoms with van der Waals surface area (Å²) in [5.41, 5.74) is 3.92. The fourth-order valence-electron chi connectivity index (χ4n) is 6.37. The van der Waals surface area contributed by atoms with Crippen LogP contribution in [0, 0.1) is 5.92 Å². The van der Waals surface area contributed by atoms with Gasteiger partial charge >= 0.3 is 0 Å². The van der Waals surface area contributed by atoms with Gasteiger partial charge < -0.3 is 10.0 Å². The van der Waals surface area contributed by atoms with Crippen molar-refractivity contribution in [3.63, 3.8) is 0 Å². The summed E-state index contributed by atoms with van der Waals surface area (Å²) < 4.78 is 0. The summed E-state index contributed by atoms with van der Waals surface area (Å²) >= 11 is 0. The van der Waals surface area contributed by atoms with Gasteiger partial charge in [0.05, 0.1) is 0 Å². The predicted molar refractivity (Wildman–Crippen MR) is 83.7 cm³/mol. The number of phenolic OH excluding ortho intramolecular Hbond substituents is 1. The third kappa shape index (κ3) is 1.38. The van der Waals surface area contributed by atoms with Crippen molar-refractivity contribution in [1.29, 1.82) is 0 Å². The maximum Gasteiger partial charge on any atom is 0.115 e. The van der Waals surface area contributed by atoms with Crippen LogP contribution in [-0.2, 0) is 10.8 Å². The Morgan fingerprint density at radius 1 is 1.05 bits per heavy atom. The smallest absolute Gasteiger partial charge is 0.115 e. The number of phenols is 1. The molecule has 2 heteroatoms. The molecular weight excluding hydrogens is 258 g/mol. The number of aromatic hydroxyl groups is 1. The standard InChI is InChI=1S/C19H25NO/c1-20-11-10-18-7-3-2-4-15(18)17(20)19(8-9-19)14-6-5-13(21)12-16(14)18/h5-6,12,15,17,21H,2-4,7-11H2,1H3/t15-,17+,18-/m0/s1. The fraction of sp³-hybridized carbons (Fsp3) is 0.684. The van der Waals surface area contributed by atoms with Gasteiger partial charge in [0.25, 0.3) is 0 Å². The van der Waals surface area contributed by atoms with Gasteiger partial charge in [-0.3, -0.25) is 0 Å². The third-order valence-electron chi connectivity index (χ3n) is 7.30. The Balaban J connectivity index is 1.80. The van der Waals surface area contributed by atoms with Gasteiger partial charge in [-0.2, -0.15) is 0 Å². The van der Waals surface area contributed by atoms with E-state index in [9.17, 15) is 5.11 Å². The Morgan fingerprint density at radius 3 is 2.71 bits per heavy atom. The molecule has 0 aromatic heterocycles. The number of hydrogen-bond acceptors (Lipinski definition) is 2. The molecule has 1 aromatic carbocycles. The van der Waals surface area contributed by atoms with Gasteiger partial charge in [0.1, 0.15) is 5.75 Å². The molecule has 0 unspecified atom stereocenters. The molecule has 3 atom stereocenters. The van der Waals surface area contributed by atoms with Crippen molar-refractivity contribution in [1.82, 2.24) is 4.90 Å². The first-order valence-electron chi connectivity index (χ1n) is 8.72. The van der Waals surface area contributed by atoms with Crippen LogP contribution >= 0.6 is 0 Å². The Labute approximate surface area is 127 Å². The van der Waals surface area contributed by atoms with E-state index in [1.165, 1.54) is 57.1 Å². The lowest BCUT2D eigenvalue weighted by Crippen LogP contribution is -2.63. The lowest BCUT2D eigenvalue weighted by atomic mass is 9.49. The fourth-order valence-corrected chi connectivity index (χ4v) is 6.37. The zero-order valence-corrected chi connectivity index (χ0v) is 12.9. The second-order valence-corrected chi connectivity index (χ2v) is 8.07. The molecule has 4 aliphatic rings. The van der Waals surface area contributed by atoms with E-state index in [-0.39, 0.29) is 0 Å². The lowest BCUT2D eigenvalue weighted by molar-refractivity contribution is -0.0192. The zero-order chi connectivity index (χ0) is 14.2. The molecule has 1 aliphatic heterocycles. The number of hydrogen-bond donors (Lipinski definition) is 1. The van der Waals surface area contributed by atoms with Crippen LogP contribution in [0.2, 0.25) is 0 Å². The summed E-state index contributed by atoms with van der Waals surface area (Å²) in [4.78, 5) is 2.68. The molecule has 1 heterocycles. The van der Waals surface area contributed by atoms with E-state index in [1.54, 1.807) is 5.56 Å². The average molecular weight is 283 g/mol. The summed E-state index contributed by atoms with van der Waals surface area (Å²) in [6.45, 7) is 1.23. The van der Waals surface area contributed by atoms with Crippen molar-refractivity contribution < 1.29 is 5.11 Å². The third-order valence-corrected chi connectivity index (χ3v) is 7.30. The van der Waals surface area contributed by atoms with Crippen molar-refractivity contribution in [3.05, 3.63) is 29.3 Å². The van der Waals surface area contributed by atoms with Crippen LogP contribution in [0.3, 0.4) is 0 Å². The molecule has 2 bridgehead atoms. The average Bonchev–Trinajstić information content (AvgIpc) is 3.27. The Bertz CT molecular complexity index is 606. The number of likely N-dealkylation sites (N-methyl/N-ethyl adjacent to an activating group) is 1. The molecule has 2 nitrogen and oxygen atoms in total. The highest BCUT2D eigenvalue weighted by Gasteiger charge is 2.65. The topological polar surface area (TPSA) is 23.5 Å². The largest absolute Gasteiger partial charge is 0.508 e. The molecule has 1 spiro atoms. The van der Waals surface area contributed by atoms with E-state index in [0.29, 0.717) is 16.6 Å². The first-order valence-corrected chi connectivity index (χ1v) is 8.72. The van der Waals surface area contributed by atoms with Gasteiger partial charge in [-0.15, -0.1) is 0 Å². The summed E-state index contributed by atoms with van der Waals surface area (Å²) in [6, 6.07) is 7.07. The highest BCUT2D eigenvalue weighted by atomic mass is 16.3. The van der Waals surface area contributed by atoms with Gasteiger partial charge in [-0.25, -0.2) is 0 Å². The molecule has 0 amide bonds. The first-order chi connectivity index (χ1) is 10.2. The molecule has 1 N–H and O–H groups in total. The molecular formula is C19H25NO. The van der Waals surface area contributed by atoms with E-state index < -0.39 is 0 Å². The summed E-state index contributed by atoms with van der Waals surface area (Å²) in [6.07, 6.45) is 9.51. The molecule has 3 aliphatic carbocycles. The van der Waals surface area contributed by atoms with Crippen LogP contribution in [0.15, 0.2) is 18.2 Å². The summed E-state index contributed by atoms with van der Waals surface area (Å²) in [5.74, 6) is 1.29. The van der Waals surface area contributed by atoms with Gasteiger partial charge in [0, 0.05) is 16.9 Å². The van der Waals surface area contributed by atoms with Gasteiger partial charge in [0.2, 0.25) is 0 Å². The van der Waals surface area contributed by atoms with E-state index in [4.69, 9.17) is 0 Å².